The second-order valence-corrected chi connectivity index (χ2v) is 6.69. The Bertz CT molecular complexity index is 190. The predicted molar refractivity (Wildman–Crippen MR) is 89.0 cm³/mol. The Balaban J connectivity index is 0. The molecule has 0 bridgehead atoms. The highest BCUT2D eigenvalue weighted by Crippen LogP contribution is 2.13. The molecule has 0 spiro atoms. The van der Waals surface area contributed by atoms with E-state index in [-0.39, 0.29) is 24.0 Å². The molecule has 0 radical (unpaired) electrons. The fourth-order valence-electron chi connectivity index (χ4n) is 2.79. The minimum absolute atomic E-state index is 0. The van der Waals surface area contributed by atoms with Crippen molar-refractivity contribution in [3.8, 4) is 0 Å². The van der Waals surface area contributed by atoms with Gasteiger partial charge in [-0.1, -0.05) is 46.0 Å². The van der Waals surface area contributed by atoms with E-state index in [1.807, 2.05) is 0 Å². The molecule has 0 aromatic heterocycles. The van der Waals surface area contributed by atoms with Gasteiger partial charge in [-0.15, -0.1) is 11.6 Å². The summed E-state index contributed by atoms with van der Waals surface area (Å²) in [6.07, 6.45) is 13.7. The van der Waals surface area contributed by atoms with E-state index in [0.29, 0.717) is 0 Å². The average Bonchev–Trinajstić information content (AvgIpc) is 2.41. The highest BCUT2D eigenvalue weighted by Gasteiger charge is 2.19. The lowest BCUT2D eigenvalue weighted by Gasteiger charge is -2.35. The lowest BCUT2D eigenvalue weighted by atomic mass is 10.1. The Morgan fingerprint density at radius 3 is 1.60 bits per heavy atom. The molecule has 0 aliphatic rings. The quantitative estimate of drug-likeness (QED) is 0.176. The molecule has 0 aliphatic carbocycles. The van der Waals surface area contributed by atoms with Gasteiger partial charge in [0.1, 0.15) is 0 Å². The first-order valence-corrected chi connectivity index (χ1v) is 9.11. The standard InChI is InChI=1S/C17H37ClN.HI/c1-4-6-8-9-10-12-16-19(3,17-13-14-18)15-11-7-5-2;/h4-17H2,1-3H3;1H/q+1;/p-1. The number of quaternary nitrogens is 1. The molecular weight excluding hydrogens is 381 g/mol. The zero-order valence-corrected chi connectivity index (χ0v) is 17.0. The van der Waals surface area contributed by atoms with Gasteiger partial charge < -0.3 is 28.5 Å². The third-order valence-electron chi connectivity index (χ3n) is 4.18. The molecule has 20 heavy (non-hydrogen) atoms. The zero-order chi connectivity index (χ0) is 14.4. The van der Waals surface area contributed by atoms with Gasteiger partial charge in [0.15, 0.2) is 0 Å². The average molecular weight is 418 g/mol. The minimum atomic E-state index is 0. The topological polar surface area (TPSA) is 0 Å². The van der Waals surface area contributed by atoms with E-state index in [1.54, 1.807) is 0 Å². The maximum atomic E-state index is 5.88. The summed E-state index contributed by atoms with van der Waals surface area (Å²) in [6, 6.07) is 0. The van der Waals surface area contributed by atoms with E-state index >= 15 is 0 Å². The van der Waals surface area contributed by atoms with Crippen LogP contribution in [0.5, 0.6) is 0 Å². The van der Waals surface area contributed by atoms with Crippen LogP contribution in [0.25, 0.3) is 0 Å². The van der Waals surface area contributed by atoms with Crippen molar-refractivity contribution >= 4 is 11.6 Å². The van der Waals surface area contributed by atoms with Crippen molar-refractivity contribution in [2.75, 3.05) is 32.6 Å². The third kappa shape index (κ3) is 13.9. The van der Waals surface area contributed by atoms with Gasteiger partial charge in [-0.2, -0.15) is 0 Å². The van der Waals surface area contributed by atoms with Crippen LogP contribution in [0, 0.1) is 0 Å². The van der Waals surface area contributed by atoms with E-state index in [1.165, 1.54) is 88.3 Å². The van der Waals surface area contributed by atoms with Crippen LogP contribution >= 0.6 is 11.6 Å². The fraction of sp³-hybridized carbons (Fsp3) is 1.00. The van der Waals surface area contributed by atoms with Crippen LogP contribution in [0.15, 0.2) is 0 Å². The van der Waals surface area contributed by atoms with E-state index in [0.717, 1.165) is 5.88 Å². The van der Waals surface area contributed by atoms with Crippen molar-refractivity contribution in [2.24, 2.45) is 0 Å². The first-order valence-electron chi connectivity index (χ1n) is 8.58. The maximum Gasteiger partial charge on any atom is 0.0796 e. The van der Waals surface area contributed by atoms with Gasteiger partial charge in [-0.3, -0.25) is 0 Å². The number of halogens is 2. The van der Waals surface area contributed by atoms with Crippen LogP contribution in [-0.4, -0.2) is 37.0 Å². The second kappa shape index (κ2) is 16.4. The lowest BCUT2D eigenvalue weighted by Crippen LogP contribution is -3.00. The van der Waals surface area contributed by atoms with Crippen LogP contribution in [0.2, 0.25) is 0 Å². The summed E-state index contributed by atoms with van der Waals surface area (Å²) in [4.78, 5) is 0. The highest BCUT2D eigenvalue weighted by atomic mass is 127. The second-order valence-electron chi connectivity index (χ2n) is 6.31. The zero-order valence-electron chi connectivity index (χ0n) is 14.1. The largest absolute Gasteiger partial charge is 1.00 e. The van der Waals surface area contributed by atoms with Gasteiger partial charge in [0.25, 0.3) is 0 Å². The molecule has 1 nitrogen and oxygen atoms in total. The van der Waals surface area contributed by atoms with Crippen molar-refractivity contribution in [1.82, 2.24) is 0 Å². The Kier molecular flexibility index (Phi) is 19.0. The van der Waals surface area contributed by atoms with E-state index in [9.17, 15) is 0 Å². The van der Waals surface area contributed by atoms with Gasteiger partial charge in [-0.25, -0.2) is 0 Å². The molecule has 0 rings (SSSR count). The van der Waals surface area contributed by atoms with Crippen LogP contribution in [-0.2, 0) is 0 Å². The lowest BCUT2D eigenvalue weighted by molar-refractivity contribution is -0.910. The molecule has 0 amide bonds. The summed E-state index contributed by atoms with van der Waals surface area (Å²) in [5.74, 6) is 0.818. The summed E-state index contributed by atoms with van der Waals surface area (Å²) in [5.41, 5.74) is 0. The molecule has 0 saturated heterocycles. The SMILES string of the molecule is CCCCCCCC[N+](C)(CCCCl)CCCCC.[I-]. The molecule has 0 heterocycles. The van der Waals surface area contributed by atoms with Gasteiger partial charge in [0.05, 0.1) is 26.7 Å². The van der Waals surface area contributed by atoms with Gasteiger partial charge in [-0.05, 0) is 25.7 Å². The number of rotatable bonds is 14. The Morgan fingerprint density at radius 1 is 0.650 bits per heavy atom. The molecule has 0 aromatic carbocycles. The van der Waals surface area contributed by atoms with Crippen LogP contribution in [0.3, 0.4) is 0 Å². The van der Waals surface area contributed by atoms with Crippen molar-refractivity contribution in [2.45, 2.75) is 78.1 Å². The van der Waals surface area contributed by atoms with Gasteiger partial charge in [0.2, 0.25) is 0 Å². The first-order chi connectivity index (χ1) is 9.18. The molecule has 0 fully saturated rings. The molecule has 0 aromatic rings. The predicted octanol–water partition coefficient (Wildman–Crippen LogP) is 2.62. The van der Waals surface area contributed by atoms with Crippen LogP contribution in [0.1, 0.15) is 78.1 Å². The third-order valence-corrected chi connectivity index (χ3v) is 4.45. The molecule has 124 valence electrons. The normalized spacial score (nSPS) is 13.8. The monoisotopic (exact) mass is 417 g/mol. The highest BCUT2D eigenvalue weighted by molar-refractivity contribution is 6.17. The number of alkyl halides is 1. The Labute approximate surface area is 150 Å². The molecule has 1 unspecified atom stereocenters. The molecule has 0 N–H and O–H groups in total. The Hall–Kier alpha value is 0.980. The number of hydrogen-bond donors (Lipinski definition) is 0. The van der Waals surface area contributed by atoms with E-state index < -0.39 is 0 Å². The number of hydrogen-bond acceptors (Lipinski definition) is 0. The number of unbranched alkanes of at least 4 members (excludes halogenated alkanes) is 7. The van der Waals surface area contributed by atoms with Crippen molar-refractivity contribution in [1.29, 1.82) is 0 Å². The smallest absolute Gasteiger partial charge is 0.0796 e. The van der Waals surface area contributed by atoms with Crippen molar-refractivity contribution in [3.05, 3.63) is 0 Å². The van der Waals surface area contributed by atoms with Crippen molar-refractivity contribution in [3.63, 3.8) is 0 Å². The summed E-state index contributed by atoms with van der Waals surface area (Å²) in [7, 11) is 2.44. The van der Waals surface area contributed by atoms with Crippen LogP contribution in [0.4, 0.5) is 0 Å². The molecule has 3 heteroatoms. The number of nitrogens with zero attached hydrogens (tertiary/aromatic N) is 1. The van der Waals surface area contributed by atoms with Gasteiger partial charge in [0, 0.05) is 12.3 Å². The summed E-state index contributed by atoms with van der Waals surface area (Å²) >= 11 is 5.88. The first kappa shape index (κ1) is 23.2. The molecule has 0 aliphatic heterocycles. The van der Waals surface area contributed by atoms with Crippen molar-refractivity contribution < 1.29 is 28.5 Å². The van der Waals surface area contributed by atoms with E-state index in [4.69, 9.17) is 11.6 Å². The molecular formula is C17H37ClIN. The summed E-state index contributed by atoms with van der Waals surface area (Å²) < 4.78 is 1.25. The van der Waals surface area contributed by atoms with Crippen LogP contribution < -0.4 is 24.0 Å². The molecule has 1 atom stereocenters. The summed E-state index contributed by atoms with van der Waals surface area (Å²) in [5, 5.41) is 0. The maximum absolute atomic E-state index is 5.88. The fourth-order valence-corrected chi connectivity index (χ4v) is 2.91. The Morgan fingerprint density at radius 2 is 1.05 bits per heavy atom. The minimum Gasteiger partial charge on any atom is -1.00 e. The van der Waals surface area contributed by atoms with Gasteiger partial charge >= 0.3 is 0 Å². The summed E-state index contributed by atoms with van der Waals surface area (Å²) in [6.45, 7) is 8.54. The molecule has 0 saturated carbocycles. The van der Waals surface area contributed by atoms with E-state index in [2.05, 4.69) is 20.9 Å².